The Morgan fingerprint density at radius 1 is 1.12 bits per heavy atom. The molecule has 2 amide bonds. The van der Waals surface area contributed by atoms with E-state index in [0.29, 0.717) is 25.4 Å². The van der Waals surface area contributed by atoms with E-state index in [-0.39, 0.29) is 11.8 Å². The van der Waals surface area contributed by atoms with E-state index in [1.165, 1.54) is 17.3 Å². The lowest BCUT2D eigenvalue weighted by Crippen LogP contribution is -2.40. The summed E-state index contributed by atoms with van der Waals surface area (Å²) in [5.74, 6) is 0.308. The molecule has 34 heavy (non-hydrogen) atoms. The van der Waals surface area contributed by atoms with Gasteiger partial charge in [-0.3, -0.25) is 14.6 Å². The highest BCUT2D eigenvalue weighted by atomic mass is 32.2. The fraction of sp³-hybridized carbons (Fsp3) is 0.296. The molecular weight excluding hydrogens is 446 g/mol. The van der Waals surface area contributed by atoms with Gasteiger partial charge in [0.25, 0.3) is 5.91 Å². The van der Waals surface area contributed by atoms with Gasteiger partial charge in [-0.05, 0) is 47.7 Å². The van der Waals surface area contributed by atoms with Crippen LogP contribution < -0.4 is 5.32 Å². The number of fused-ring (bicyclic) bond motifs is 1. The van der Waals surface area contributed by atoms with E-state index in [2.05, 4.69) is 10.3 Å². The van der Waals surface area contributed by atoms with E-state index >= 15 is 0 Å². The second-order valence-electron chi connectivity index (χ2n) is 8.24. The lowest BCUT2D eigenvalue weighted by atomic mass is 9.94. The summed E-state index contributed by atoms with van der Waals surface area (Å²) in [7, 11) is 1.56. The van der Waals surface area contributed by atoms with Crippen molar-refractivity contribution in [3.63, 3.8) is 0 Å². The van der Waals surface area contributed by atoms with Gasteiger partial charge >= 0.3 is 0 Å². The average molecular weight is 476 g/mol. The standard InChI is InChI=1S/C27H29N3O3S/c1-19-24(16-29-25(31)18-34-22-11-7-4-8-12-22)23-13-14-30(17-21(23)15-28-19)27(32)26(33-2)20-9-5-3-6-10-20/h3-12,15,26H,13-14,16-18H2,1-2H3,(H,29,31). The SMILES string of the molecule is COC(C(=O)N1CCc2c(cnc(C)c2CNC(=O)CSc2ccccc2)C1)c1ccccc1. The van der Waals surface area contributed by atoms with Gasteiger partial charge in [-0.1, -0.05) is 48.5 Å². The molecule has 7 heteroatoms. The van der Waals surface area contributed by atoms with Gasteiger partial charge < -0.3 is 15.0 Å². The first-order chi connectivity index (χ1) is 16.6. The number of methoxy groups -OCH3 is 1. The van der Waals surface area contributed by atoms with Gasteiger partial charge in [-0.25, -0.2) is 0 Å². The Hall–Kier alpha value is -3.16. The molecule has 0 bridgehead atoms. The zero-order valence-corrected chi connectivity index (χ0v) is 20.3. The highest BCUT2D eigenvalue weighted by Gasteiger charge is 2.29. The summed E-state index contributed by atoms with van der Waals surface area (Å²) in [5.41, 5.74) is 5.01. The van der Waals surface area contributed by atoms with E-state index in [9.17, 15) is 9.59 Å². The van der Waals surface area contributed by atoms with E-state index in [1.54, 1.807) is 7.11 Å². The Morgan fingerprint density at radius 3 is 2.53 bits per heavy atom. The third-order valence-electron chi connectivity index (χ3n) is 6.05. The van der Waals surface area contributed by atoms with Crippen LogP contribution in [0, 0.1) is 6.92 Å². The number of ether oxygens (including phenoxy) is 1. The van der Waals surface area contributed by atoms with Gasteiger partial charge in [-0.2, -0.15) is 0 Å². The predicted molar refractivity (Wildman–Crippen MR) is 133 cm³/mol. The Kier molecular flexibility index (Phi) is 7.98. The van der Waals surface area contributed by atoms with Crippen LogP contribution in [0.3, 0.4) is 0 Å². The summed E-state index contributed by atoms with van der Waals surface area (Å²) in [6.45, 7) is 3.49. The van der Waals surface area contributed by atoms with Crippen LogP contribution in [0.1, 0.15) is 34.1 Å². The Labute approximate surface area is 204 Å². The quantitative estimate of drug-likeness (QED) is 0.498. The van der Waals surface area contributed by atoms with Crippen LogP contribution in [0.4, 0.5) is 0 Å². The van der Waals surface area contributed by atoms with Gasteiger partial charge in [0.05, 0.1) is 5.75 Å². The molecule has 1 atom stereocenters. The van der Waals surface area contributed by atoms with Crippen LogP contribution in [0.15, 0.2) is 71.8 Å². The molecule has 1 N–H and O–H groups in total. The molecule has 2 heterocycles. The molecule has 1 aliphatic heterocycles. The maximum absolute atomic E-state index is 13.2. The highest BCUT2D eigenvalue weighted by Crippen LogP contribution is 2.27. The smallest absolute Gasteiger partial charge is 0.256 e. The van der Waals surface area contributed by atoms with Crippen molar-refractivity contribution in [2.24, 2.45) is 0 Å². The Balaban J connectivity index is 1.41. The summed E-state index contributed by atoms with van der Waals surface area (Å²) >= 11 is 1.52. The highest BCUT2D eigenvalue weighted by molar-refractivity contribution is 8.00. The lowest BCUT2D eigenvalue weighted by Gasteiger charge is -2.32. The number of hydrogen-bond acceptors (Lipinski definition) is 5. The minimum Gasteiger partial charge on any atom is -0.367 e. The number of amides is 2. The monoisotopic (exact) mass is 475 g/mol. The molecular formula is C27H29N3O3S. The molecule has 1 unspecified atom stereocenters. The molecule has 1 aliphatic rings. The minimum absolute atomic E-state index is 0.00994. The molecule has 0 fully saturated rings. The summed E-state index contributed by atoms with van der Waals surface area (Å²) in [5, 5.41) is 3.04. The number of thioether (sulfide) groups is 1. The van der Waals surface area contributed by atoms with Crippen LogP contribution in [0.5, 0.6) is 0 Å². The number of rotatable bonds is 8. The fourth-order valence-corrected chi connectivity index (χ4v) is 4.97. The summed E-state index contributed by atoms with van der Waals surface area (Å²) in [6.07, 6.45) is 1.95. The predicted octanol–water partition coefficient (Wildman–Crippen LogP) is 4.07. The second kappa shape index (κ2) is 11.3. The van der Waals surface area contributed by atoms with E-state index in [0.717, 1.165) is 33.7 Å². The minimum atomic E-state index is -0.623. The van der Waals surface area contributed by atoms with Crippen molar-refractivity contribution in [3.05, 3.63) is 94.8 Å². The van der Waals surface area contributed by atoms with Crippen molar-refractivity contribution in [1.29, 1.82) is 0 Å². The molecule has 0 spiro atoms. The Bertz CT molecular complexity index is 1140. The van der Waals surface area contributed by atoms with E-state index in [4.69, 9.17) is 4.74 Å². The van der Waals surface area contributed by atoms with Gasteiger partial charge in [0.2, 0.25) is 5.91 Å². The van der Waals surface area contributed by atoms with Crippen molar-refractivity contribution in [2.45, 2.75) is 37.4 Å². The van der Waals surface area contributed by atoms with E-state index in [1.807, 2.05) is 78.7 Å². The molecule has 1 aromatic heterocycles. The van der Waals surface area contributed by atoms with Gasteiger partial charge in [0.15, 0.2) is 6.10 Å². The lowest BCUT2D eigenvalue weighted by molar-refractivity contribution is -0.143. The molecule has 0 saturated carbocycles. The van der Waals surface area contributed by atoms with Crippen LogP contribution in [-0.2, 0) is 33.8 Å². The number of nitrogens with zero attached hydrogens (tertiary/aromatic N) is 2. The number of aromatic nitrogens is 1. The topological polar surface area (TPSA) is 71.5 Å². The van der Waals surface area contributed by atoms with Crippen LogP contribution in [0.2, 0.25) is 0 Å². The number of hydrogen-bond donors (Lipinski definition) is 1. The number of pyridine rings is 1. The van der Waals surface area contributed by atoms with Gasteiger partial charge in [0, 0.05) is 43.5 Å². The maximum Gasteiger partial charge on any atom is 0.256 e. The number of benzene rings is 2. The summed E-state index contributed by atoms with van der Waals surface area (Å²) < 4.78 is 5.55. The number of carbonyl (C=O) groups excluding carboxylic acids is 2. The third-order valence-corrected chi connectivity index (χ3v) is 7.06. The van der Waals surface area contributed by atoms with Crippen molar-refractivity contribution < 1.29 is 14.3 Å². The normalized spacial score (nSPS) is 13.8. The van der Waals surface area contributed by atoms with Gasteiger partial charge in [-0.15, -0.1) is 11.8 Å². The average Bonchev–Trinajstić information content (AvgIpc) is 2.88. The van der Waals surface area contributed by atoms with Gasteiger partial charge in [0.1, 0.15) is 0 Å². The number of aryl methyl sites for hydroxylation is 1. The number of nitrogens with one attached hydrogen (secondary N) is 1. The molecule has 2 aromatic carbocycles. The van der Waals surface area contributed by atoms with Crippen molar-refractivity contribution >= 4 is 23.6 Å². The number of carbonyl (C=O) groups is 2. The van der Waals surface area contributed by atoms with Crippen molar-refractivity contribution in [3.8, 4) is 0 Å². The first-order valence-corrected chi connectivity index (χ1v) is 12.3. The maximum atomic E-state index is 13.2. The van der Waals surface area contributed by atoms with E-state index < -0.39 is 6.10 Å². The molecule has 0 saturated heterocycles. The van der Waals surface area contributed by atoms with Crippen molar-refractivity contribution in [2.75, 3.05) is 19.4 Å². The summed E-state index contributed by atoms with van der Waals surface area (Å²) in [4.78, 5) is 33.1. The largest absolute Gasteiger partial charge is 0.367 e. The third kappa shape index (κ3) is 5.66. The van der Waals surface area contributed by atoms with Crippen molar-refractivity contribution in [1.82, 2.24) is 15.2 Å². The molecule has 0 radical (unpaired) electrons. The van der Waals surface area contributed by atoms with Crippen LogP contribution >= 0.6 is 11.8 Å². The second-order valence-corrected chi connectivity index (χ2v) is 9.29. The van der Waals surface area contributed by atoms with Crippen LogP contribution in [-0.4, -0.2) is 41.1 Å². The Morgan fingerprint density at radius 2 is 1.82 bits per heavy atom. The summed E-state index contributed by atoms with van der Waals surface area (Å²) in [6, 6.07) is 19.4. The zero-order valence-electron chi connectivity index (χ0n) is 19.5. The zero-order chi connectivity index (χ0) is 23.9. The molecule has 6 nitrogen and oxygen atoms in total. The first-order valence-electron chi connectivity index (χ1n) is 11.3. The first kappa shape index (κ1) is 24.0. The van der Waals surface area contributed by atoms with Crippen LogP contribution in [0.25, 0.3) is 0 Å². The molecule has 0 aliphatic carbocycles. The molecule has 3 aromatic rings. The molecule has 176 valence electrons. The molecule has 4 rings (SSSR count). The fourth-order valence-electron chi connectivity index (χ4n) is 4.22.